The SMILES string of the molecule is CCC1=C[C@@H]2C[N@](C1)Cc1c([nH]c3ccccc13)[C@@](C(=O)OC)(c1cc3c(cc1OC)N(C)[C@@H]1[C@]34CCN3CC=C[C@@](CC)(C(OC(C)=O)[C@]1(O)C(=O)OC)[C@H]34)C2. The highest BCUT2D eigenvalue weighted by atomic mass is 16.6. The molecule has 2 bridgehead atoms. The Balaban J connectivity index is 1.37. The Morgan fingerprint density at radius 2 is 1.77 bits per heavy atom. The summed E-state index contributed by atoms with van der Waals surface area (Å²) in [6.45, 7) is 9.19. The molecule has 57 heavy (non-hydrogen) atoms. The van der Waals surface area contributed by atoms with Crippen LogP contribution in [0.25, 0.3) is 10.9 Å². The summed E-state index contributed by atoms with van der Waals surface area (Å²) in [6, 6.07) is 11.2. The molecular weight excluding hydrogens is 725 g/mol. The summed E-state index contributed by atoms with van der Waals surface area (Å²) in [4.78, 5) is 53.1. The molecule has 12 heteroatoms. The van der Waals surface area contributed by atoms with Crippen LogP contribution in [0.15, 0.2) is 60.2 Å². The van der Waals surface area contributed by atoms with E-state index in [0.29, 0.717) is 50.2 Å². The number of benzene rings is 2. The lowest BCUT2D eigenvalue weighted by Gasteiger charge is -2.63. The maximum Gasteiger partial charge on any atom is 0.344 e. The molecule has 1 saturated heterocycles. The van der Waals surface area contributed by atoms with Gasteiger partial charge in [0.2, 0.25) is 5.60 Å². The molecule has 2 aromatic carbocycles. The number of fused-ring (bicyclic) bond motifs is 6. The van der Waals surface area contributed by atoms with Crippen molar-refractivity contribution in [1.82, 2.24) is 14.8 Å². The zero-order chi connectivity index (χ0) is 40.2. The van der Waals surface area contributed by atoms with Crippen LogP contribution in [0.5, 0.6) is 5.75 Å². The number of ether oxygens (including phenoxy) is 4. The van der Waals surface area contributed by atoms with E-state index in [-0.39, 0.29) is 17.9 Å². The largest absolute Gasteiger partial charge is 0.496 e. The Bertz CT molecular complexity index is 2250. The van der Waals surface area contributed by atoms with Gasteiger partial charge in [-0.05, 0) is 61.4 Å². The van der Waals surface area contributed by atoms with Crippen molar-refractivity contribution in [1.29, 1.82) is 0 Å². The summed E-state index contributed by atoms with van der Waals surface area (Å²) in [5, 5.41) is 14.4. The maximum absolute atomic E-state index is 15.2. The molecule has 2 N–H and O–H groups in total. The number of anilines is 1. The summed E-state index contributed by atoms with van der Waals surface area (Å²) >= 11 is 0. The molecule has 2 fully saturated rings. The number of aromatic amines is 1. The second-order valence-corrected chi connectivity index (χ2v) is 17.2. The molecule has 1 saturated carbocycles. The van der Waals surface area contributed by atoms with E-state index in [9.17, 15) is 14.7 Å². The van der Waals surface area contributed by atoms with Crippen LogP contribution in [0.2, 0.25) is 0 Å². The number of para-hydroxylation sites is 1. The quantitative estimate of drug-likeness (QED) is 0.196. The second-order valence-electron chi connectivity index (χ2n) is 17.2. The van der Waals surface area contributed by atoms with Gasteiger partial charge in [0, 0.05) is 90.9 Å². The first-order chi connectivity index (χ1) is 27.4. The summed E-state index contributed by atoms with van der Waals surface area (Å²) in [6.07, 6.45) is 7.67. The number of rotatable bonds is 7. The van der Waals surface area contributed by atoms with Crippen molar-refractivity contribution in [2.45, 2.75) is 87.6 Å². The number of nitrogens with one attached hydrogen (secondary N) is 1. The molecule has 1 unspecified atom stereocenters. The molecule has 0 radical (unpaired) electrons. The fourth-order valence-corrected chi connectivity index (χ4v) is 12.8. The van der Waals surface area contributed by atoms with E-state index >= 15 is 4.79 Å². The first-order valence-corrected chi connectivity index (χ1v) is 20.3. The van der Waals surface area contributed by atoms with Crippen LogP contribution in [0.3, 0.4) is 0 Å². The number of hydrogen-bond donors (Lipinski definition) is 2. The Morgan fingerprint density at radius 3 is 2.47 bits per heavy atom. The van der Waals surface area contributed by atoms with Gasteiger partial charge in [-0.25, -0.2) is 4.79 Å². The lowest BCUT2D eigenvalue weighted by Crippen LogP contribution is -2.81. The van der Waals surface area contributed by atoms with E-state index in [2.05, 4.69) is 58.1 Å². The predicted molar refractivity (Wildman–Crippen MR) is 214 cm³/mol. The third-order valence-corrected chi connectivity index (χ3v) is 14.8. The Labute approximate surface area is 333 Å². The Hall–Kier alpha value is -4.65. The minimum absolute atomic E-state index is 0.0284. The van der Waals surface area contributed by atoms with E-state index in [1.807, 2.05) is 37.1 Å². The van der Waals surface area contributed by atoms with Gasteiger partial charge in [-0.2, -0.15) is 0 Å². The number of esters is 3. The number of hydrogen-bond acceptors (Lipinski definition) is 11. The molecule has 12 nitrogen and oxygen atoms in total. The topological polar surface area (TPSA) is 134 Å². The zero-order valence-electron chi connectivity index (χ0n) is 34.0. The van der Waals surface area contributed by atoms with Crippen molar-refractivity contribution >= 4 is 34.5 Å². The smallest absolute Gasteiger partial charge is 0.344 e. The highest BCUT2D eigenvalue weighted by Crippen LogP contribution is 2.68. The molecule has 6 aliphatic rings. The number of aliphatic hydroxyl groups is 1. The van der Waals surface area contributed by atoms with Crippen molar-refractivity contribution < 1.29 is 38.4 Å². The molecule has 3 aromatic rings. The number of aromatic nitrogens is 1. The molecule has 6 heterocycles. The molecule has 1 aromatic heterocycles. The minimum Gasteiger partial charge on any atom is -0.496 e. The molecule has 1 spiro atoms. The number of nitrogens with zero attached hydrogens (tertiary/aromatic N) is 3. The fraction of sp³-hybridized carbons (Fsp3) is 0.533. The molecule has 302 valence electrons. The van der Waals surface area contributed by atoms with E-state index in [0.717, 1.165) is 52.9 Å². The number of methoxy groups -OCH3 is 3. The van der Waals surface area contributed by atoms with Gasteiger partial charge < -0.3 is 33.9 Å². The lowest BCUT2D eigenvalue weighted by molar-refractivity contribution is -0.228. The molecule has 5 aliphatic heterocycles. The van der Waals surface area contributed by atoms with Crippen LogP contribution < -0.4 is 9.64 Å². The average Bonchev–Trinajstić information content (AvgIpc) is 3.87. The first kappa shape index (κ1) is 37.9. The van der Waals surface area contributed by atoms with Crippen molar-refractivity contribution in [2.24, 2.45) is 11.3 Å². The van der Waals surface area contributed by atoms with Gasteiger partial charge in [0.05, 0.1) is 27.4 Å². The third kappa shape index (κ3) is 4.80. The van der Waals surface area contributed by atoms with Gasteiger partial charge in [-0.3, -0.25) is 19.4 Å². The molecular formula is C45H54N4O8. The molecule has 9 atom stereocenters. The van der Waals surface area contributed by atoms with Crippen LogP contribution in [-0.4, -0.2) is 116 Å². The highest BCUT2D eigenvalue weighted by molar-refractivity contribution is 5.95. The number of carbonyl (C=O) groups is 3. The predicted octanol–water partition coefficient (Wildman–Crippen LogP) is 4.75. The van der Waals surface area contributed by atoms with Gasteiger partial charge in [-0.1, -0.05) is 55.8 Å². The van der Waals surface area contributed by atoms with Crippen LogP contribution in [-0.2, 0) is 46.0 Å². The molecule has 9 rings (SSSR count). The standard InChI is InChI=1S/C45H54N4O8/c1-8-27-19-28-22-44(40(51)55-6,36-30(25-48(23-27)24-28)29-13-10-11-14-33(29)46-36)32-20-31-34(21-35(32)54-5)47(4)38-43(31)16-18-49-17-12-15-42(9-2,37(43)49)39(57-26(3)50)45(38,53)41(52)56-7/h10-15,19-21,28,37-39,46,53H,8-9,16-18,22-25H2,1-7H3/t28-,37-,38+,39?,42+,43+,44-,45-/m0/s1. The summed E-state index contributed by atoms with van der Waals surface area (Å²) < 4.78 is 23.9. The van der Waals surface area contributed by atoms with Gasteiger partial charge in [0.1, 0.15) is 11.2 Å². The third-order valence-electron chi connectivity index (χ3n) is 14.8. The van der Waals surface area contributed by atoms with Crippen molar-refractivity contribution in [3.8, 4) is 5.75 Å². The lowest BCUT2D eigenvalue weighted by atomic mass is 9.47. The van der Waals surface area contributed by atoms with Crippen molar-refractivity contribution in [3.05, 3.63) is 82.6 Å². The monoisotopic (exact) mass is 778 g/mol. The molecule has 0 amide bonds. The number of carbonyl (C=O) groups excluding carboxylic acids is 3. The number of H-pyrrole nitrogens is 1. The summed E-state index contributed by atoms with van der Waals surface area (Å²) in [5.41, 5.74) is 1.05. The van der Waals surface area contributed by atoms with Crippen LogP contribution in [0.1, 0.15) is 68.8 Å². The van der Waals surface area contributed by atoms with E-state index in [1.165, 1.54) is 26.7 Å². The minimum atomic E-state index is -2.27. The number of likely N-dealkylation sites (N-methyl/N-ethyl adjacent to an activating group) is 1. The van der Waals surface area contributed by atoms with Crippen molar-refractivity contribution in [3.63, 3.8) is 0 Å². The summed E-state index contributed by atoms with van der Waals surface area (Å²) in [7, 11) is 6.22. The fourth-order valence-electron chi connectivity index (χ4n) is 12.8. The first-order valence-electron chi connectivity index (χ1n) is 20.3. The van der Waals surface area contributed by atoms with Crippen LogP contribution in [0, 0.1) is 11.3 Å². The Morgan fingerprint density at radius 1 is 1.00 bits per heavy atom. The van der Waals surface area contributed by atoms with Gasteiger partial charge in [0.15, 0.2) is 6.10 Å². The normalized spacial score (nSPS) is 34.9. The van der Waals surface area contributed by atoms with Gasteiger partial charge in [-0.15, -0.1) is 0 Å². The van der Waals surface area contributed by atoms with Crippen molar-refractivity contribution in [2.75, 3.05) is 59.5 Å². The molecule has 1 aliphatic carbocycles. The van der Waals surface area contributed by atoms with Crippen LogP contribution in [0.4, 0.5) is 5.69 Å². The van der Waals surface area contributed by atoms with E-state index < -0.39 is 45.9 Å². The van der Waals surface area contributed by atoms with Gasteiger partial charge in [0.25, 0.3) is 0 Å². The maximum atomic E-state index is 15.2. The highest BCUT2D eigenvalue weighted by Gasteiger charge is 2.80. The zero-order valence-corrected chi connectivity index (χ0v) is 34.0. The second kappa shape index (κ2) is 13.2. The Kier molecular flexibility index (Phi) is 8.77. The summed E-state index contributed by atoms with van der Waals surface area (Å²) in [5.74, 6) is -1.31. The van der Waals surface area contributed by atoms with E-state index in [4.69, 9.17) is 18.9 Å². The van der Waals surface area contributed by atoms with Crippen LogP contribution >= 0.6 is 0 Å². The van der Waals surface area contributed by atoms with E-state index in [1.54, 1.807) is 7.11 Å². The average molecular weight is 779 g/mol. The van der Waals surface area contributed by atoms with Gasteiger partial charge >= 0.3 is 17.9 Å².